The van der Waals surface area contributed by atoms with Gasteiger partial charge in [0.2, 0.25) is 0 Å². The summed E-state index contributed by atoms with van der Waals surface area (Å²) in [6, 6.07) is 3.97. The number of fused-ring (bicyclic) bond motifs is 2. The average Bonchev–Trinajstić information content (AvgIpc) is 2.58. The smallest absolute Gasteiger partial charge is 0.129 e. The number of halogens is 1. The first-order valence-corrected chi connectivity index (χ1v) is 6.15. The van der Waals surface area contributed by atoms with E-state index in [0.29, 0.717) is 17.4 Å². The Hall–Kier alpha value is -0.640. The first-order valence-electron chi connectivity index (χ1n) is 5.78. The standard InChI is InChI=1S/C12H15ClN2O/c13-12-5-9(3-4-14-12)6-15-7-10-1-2-11(8-15)16-10/h3-5,10-11H,1-2,6-8H2. The molecule has 2 aliphatic rings. The third-order valence-electron chi connectivity index (χ3n) is 3.32. The lowest BCUT2D eigenvalue weighted by atomic mass is 10.2. The van der Waals surface area contributed by atoms with E-state index in [1.807, 2.05) is 12.1 Å². The zero-order valence-electron chi connectivity index (χ0n) is 9.10. The van der Waals surface area contributed by atoms with Crippen LogP contribution in [0.3, 0.4) is 0 Å². The van der Waals surface area contributed by atoms with Crippen molar-refractivity contribution in [3.63, 3.8) is 0 Å². The highest BCUT2D eigenvalue weighted by Crippen LogP contribution is 2.27. The Kier molecular flexibility index (Phi) is 2.84. The largest absolute Gasteiger partial charge is 0.372 e. The van der Waals surface area contributed by atoms with Crippen molar-refractivity contribution in [1.29, 1.82) is 0 Å². The number of pyridine rings is 1. The van der Waals surface area contributed by atoms with Crippen LogP contribution in [0.15, 0.2) is 18.3 Å². The Morgan fingerprint density at radius 3 is 2.81 bits per heavy atom. The second kappa shape index (κ2) is 4.32. The van der Waals surface area contributed by atoms with Gasteiger partial charge in [0, 0.05) is 25.8 Å². The molecule has 1 aromatic rings. The van der Waals surface area contributed by atoms with Crippen LogP contribution in [0.2, 0.25) is 5.15 Å². The average molecular weight is 239 g/mol. The molecular weight excluding hydrogens is 224 g/mol. The molecule has 0 spiro atoms. The summed E-state index contributed by atoms with van der Waals surface area (Å²) in [4.78, 5) is 6.45. The van der Waals surface area contributed by atoms with Crippen molar-refractivity contribution in [2.24, 2.45) is 0 Å². The van der Waals surface area contributed by atoms with E-state index in [4.69, 9.17) is 16.3 Å². The molecule has 1 aromatic heterocycles. The zero-order valence-corrected chi connectivity index (χ0v) is 9.86. The molecule has 2 atom stereocenters. The van der Waals surface area contributed by atoms with Crippen LogP contribution in [0, 0.1) is 0 Å². The second-order valence-electron chi connectivity index (χ2n) is 4.64. The molecule has 2 bridgehead atoms. The van der Waals surface area contributed by atoms with Gasteiger partial charge in [-0.1, -0.05) is 11.6 Å². The molecule has 86 valence electrons. The van der Waals surface area contributed by atoms with Crippen molar-refractivity contribution in [1.82, 2.24) is 9.88 Å². The summed E-state index contributed by atoms with van der Waals surface area (Å²) in [6.45, 7) is 3.06. The molecule has 2 aliphatic heterocycles. The first kappa shape index (κ1) is 10.5. The van der Waals surface area contributed by atoms with Gasteiger partial charge >= 0.3 is 0 Å². The summed E-state index contributed by atoms with van der Waals surface area (Å²) >= 11 is 5.88. The SMILES string of the molecule is Clc1cc(CN2CC3CCC(C2)O3)ccn1. The predicted molar refractivity (Wildman–Crippen MR) is 62.4 cm³/mol. The molecule has 2 unspecified atom stereocenters. The number of ether oxygens (including phenoxy) is 1. The van der Waals surface area contributed by atoms with Crippen LogP contribution in [-0.4, -0.2) is 35.2 Å². The monoisotopic (exact) mass is 238 g/mol. The summed E-state index contributed by atoms with van der Waals surface area (Å²) in [5.74, 6) is 0. The molecular formula is C12H15ClN2O. The van der Waals surface area contributed by atoms with Gasteiger partial charge in [0.05, 0.1) is 12.2 Å². The van der Waals surface area contributed by atoms with Gasteiger partial charge in [-0.3, -0.25) is 4.90 Å². The number of rotatable bonds is 2. The van der Waals surface area contributed by atoms with Gasteiger partial charge in [0.15, 0.2) is 0 Å². The number of hydrogen-bond donors (Lipinski definition) is 0. The Morgan fingerprint density at radius 1 is 1.38 bits per heavy atom. The Labute approximate surface area is 100 Å². The lowest BCUT2D eigenvalue weighted by Gasteiger charge is -2.32. The van der Waals surface area contributed by atoms with E-state index in [1.165, 1.54) is 18.4 Å². The minimum absolute atomic E-state index is 0.455. The van der Waals surface area contributed by atoms with E-state index in [0.717, 1.165) is 19.6 Å². The van der Waals surface area contributed by atoms with Crippen LogP contribution in [0.1, 0.15) is 18.4 Å². The highest BCUT2D eigenvalue weighted by atomic mass is 35.5. The quantitative estimate of drug-likeness (QED) is 0.738. The second-order valence-corrected chi connectivity index (χ2v) is 5.03. The number of morpholine rings is 1. The van der Waals surface area contributed by atoms with Crippen LogP contribution < -0.4 is 0 Å². The van der Waals surface area contributed by atoms with Gasteiger partial charge in [-0.25, -0.2) is 4.98 Å². The predicted octanol–water partition coefficient (Wildman–Crippen LogP) is 2.10. The van der Waals surface area contributed by atoms with Crippen molar-refractivity contribution in [2.45, 2.75) is 31.6 Å². The van der Waals surface area contributed by atoms with Gasteiger partial charge in [0.25, 0.3) is 0 Å². The third-order valence-corrected chi connectivity index (χ3v) is 3.52. The molecule has 4 heteroatoms. The summed E-state index contributed by atoms with van der Waals surface area (Å²) in [5.41, 5.74) is 1.24. The Balaban J connectivity index is 1.67. The zero-order chi connectivity index (χ0) is 11.0. The van der Waals surface area contributed by atoms with E-state index in [9.17, 15) is 0 Å². The highest BCUT2D eigenvalue weighted by molar-refractivity contribution is 6.29. The minimum atomic E-state index is 0.455. The van der Waals surface area contributed by atoms with Crippen molar-refractivity contribution in [3.8, 4) is 0 Å². The summed E-state index contributed by atoms with van der Waals surface area (Å²) in [7, 11) is 0. The number of aromatic nitrogens is 1. The van der Waals surface area contributed by atoms with Crippen molar-refractivity contribution in [3.05, 3.63) is 29.0 Å². The van der Waals surface area contributed by atoms with Crippen molar-refractivity contribution in [2.75, 3.05) is 13.1 Å². The number of likely N-dealkylation sites (tertiary alicyclic amines) is 1. The Bertz CT molecular complexity index is 373. The summed E-state index contributed by atoms with van der Waals surface area (Å²) < 4.78 is 5.81. The maximum Gasteiger partial charge on any atom is 0.129 e. The van der Waals surface area contributed by atoms with Crippen LogP contribution in [0.5, 0.6) is 0 Å². The first-order chi connectivity index (χ1) is 7.79. The van der Waals surface area contributed by atoms with Crippen molar-refractivity contribution < 1.29 is 4.74 Å². The molecule has 0 radical (unpaired) electrons. The van der Waals surface area contributed by atoms with Gasteiger partial charge < -0.3 is 4.74 Å². The number of hydrogen-bond acceptors (Lipinski definition) is 3. The topological polar surface area (TPSA) is 25.4 Å². The van der Waals surface area contributed by atoms with Gasteiger partial charge in [0.1, 0.15) is 5.15 Å². The molecule has 0 amide bonds. The lowest BCUT2D eigenvalue weighted by Crippen LogP contribution is -2.41. The summed E-state index contributed by atoms with van der Waals surface area (Å²) in [5, 5.41) is 0.578. The van der Waals surface area contributed by atoms with E-state index < -0.39 is 0 Å². The molecule has 0 N–H and O–H groups in total. The highest BCUT2D eigenvalue weighted by Gasteiger charge is 2.33. The molecule has 0 aromatic carbocycles. The van der Waals surface area contributed by atoms with Crippen LogP contribution in [0.4, 0.5) is 0 Å². The maximum absolute atomic E-state index is 5.88. The lowest BCUT2D eigenvalue weighted by molar-refractivity contribution is -0.0410. The fraction of sp³-hybridized carbons (Fsp3) is 0.583. The van der Waals surface area contributed by atoms with E-state index in [1.54, 1.807) is 6.20 Å². The molecule has 0 saturated carbocycles. The third kappa shape index (κ3) is 2.21. The fourth-order valence-corrected chi connectivity index (χ4v) is 2.82. The molecule has 3 nitrogen and oxygen atoms in total. The molecule has 0 aliphatic carbocycles. The van der Waals surface area contributed by atoms with Crippen LogP contribution >= 0.6 is 11.6 Å². The van der Waals surface area contributed by atoms with Gasteiger partial charge in [-0.05, 0) is 30.5 Å². The molecule has 16 heavy (non-hydrogen) atoms. The van der Waals surface area contributed by atoms with E-state index >= 15 is 0 Å². The van der Waals surface area contributed by atoms with Gasteiger partial charge in [-0.15, -0.1) is 0 Å². The van der Waals surface area contributed by atoms with Crippen LogP contribution in [0.25, 0.3) is 0 Å². The van der Waals surface area contributed by atoms with Crippen molar-refractivity contribution >= 4 is 11.6 Å². The normalized spacial score (nSPS) is 29.6. The van der Waals surface area contributed by atoms with E-state index in [-0.39, 0.29) is 0 Å². The molecule has 2 saturated heterocycles. The Morgan fingerprint density at radius 2 is 2.12 bits per heavy atom. The fourth-order valence-electron chi connectivity index (χ4n) is 2.63. The maximum atomic E-state index is 5.88. The van der Waals surface area contributed by atoms with Gasteiger partial charge in [-0.2, -0.15) is 0 Å². The number of nitrogens with zero attached hydrogens (tertiary/aromatic N) is 2. The molecule has 2 fully saturated rings. The summed E-state index contributed by atoms with van der Waals surface area (Å²) in [6.07, 6.45) is 5.12. The van der Waals surface area contributed by atoms with E-state index in [2.05, 4.69) is 9.88 Å². The molecule has 3 rings (SSSR count). The molecule has 3 heterocycles. The van der Waals surface area contributed by atoms with Crippen LogP contribution in [-0.2, 0) is 11.3 Å². The minimum Gasteiger partial charge on any atom is -0.372 e.